The summed E-state index contributed by atoms with van der Waals surface area (Å²) < 4.78 is 13.1. The van der Waals surface area contributed by atoms with Gasteiger partial charge in [0.15, 0.2) is 5.70 Å². The number of esters is 1. The maximum atomic E-state index is 12.2. The van der Waals surface area contributed by atoms with E-state index in [1.54, 1.807) is 6.08 Å². The van der Waals surface area contributed by atoms with Crippen LogP contribution in [0.25, 0.3) is 6.08 Å². The van der Waals surface area contributed by atoms with Crippen molar-refractivity contribution in [1.82, 2.24) is 0 Å². The molecular formula is C23H14BrClINO3. The highest BCUT2D eigenvalue weighted by Gasteiger charge is 2.24. The van der Waals surface area contributed by atoms with Gasteiger partial charge >= 0.3 is 5.97 Å². The summed E-state index contributed by atoms with van der Waals surface area (Å²) in [6.45, 7) is 0.448. The first-order chi connectivity index (χ1) is 14.5. The maximum absolute atomic E-state index is 12.2. The second-order valence-electron chi connectivity index (χ2n) is 6.45. The average molecular weight is 595 g/mol. The Balaban J connectivity index is 1.46. The van der Waals surface area contributed by atoms with Gasteiger partial charge in [-0.15, -0.1) is 0 Å². The van der Waals surface area contributed by atoms with Gasteiger partial charge in [0.25, 0.3) is 0 Å². The van der Waals surface area contributed by atoms with Crippen molar-refractivity contribution in [3.05, 3.63) is 102 Å². The van der Waals surface area contributed by atoms with Crippen molar-refractivity contribution in [2.45, 2.75) is 6.61 Å². The van der Waals surface area contributed by atoms with E-state index in [1.165, 1.54) is 0 Å². The van der Waals surface area contributed by atoms with Crippen LogP contribution in [0.3, 0.4) is 0 Å². The predicted molar refractivity (Wildman–Crippen MR) is 130 cm³/mol. The van der Waals surface area contributed by atoms with E-state index >= 15 is 0 Å². The van der Waals surface area contributed by atoms with Gasteiger partial charge < -0.3 is 9.47 Å². The summed E-state index contributed by atoms with van der Waals surface area (Å²) in [5.41, 5.74) is 2.86. The van der Waals surface area contributed by atoms with Crippen LogP contribution in [0.4, 0.5) is 0 Å². The molecule has 0 fully saturated rings. The van der Waals surface area contributed by atoms with Crippen molar-refractivity contribution in [2.24, 2.45) is 4.99 Å². The maximum Gasteiger partial charge on any atom is 0.363 e. The van der Waals surface area contributed by atoms with Crippen LogP contribution in [0.1, 0.15) is 16.7 Å². The average Bonchev–Trinajstić information content (AvgIpc) is 3.11. The molecule has 0 aliphatic carbocycles. The highest BCUT2D eigenvalue weighted by Crippen LogP contribution is 2.25. The Hall–Kier alpha value is -2.16. The minimum atomic E-state index is -0.470. The first kappa shape index (κ1) is 21.1. The van der Waals surface area contributed by atoms with Crippen LogP contribution in [-0.2, 0) is 16.1 Å². The number of carbonyl (C=O) groups is 1. The standard InChI is InChI=1S/C23H14BrClINO3/c24-19-12-16(5-10-20(19)26)22-27-21(23(28)30-22)11-14-3-8-18(9-4-14)29-13-15-1-6-17(25)7-2-15/h1-12H,13H2/b21-11-. The van der Waals surface area contributed by atoms with E-state index in [2.05, 4.69) is 43.5 Å². The smallest absolute Gasteiger partial charge is 0.363 e. The van der Waals surface area contributed by atoms with Crippen LogP contribution in [0.2, 0.25) is 5.02 Å². The molecule has 0 saturated carbocycles. The topological polar surface area (TPSA) is 47.9 Å². The highest BCUT2D eigenvalue weighted by atomic mass is 127. The second kappa shape index (κ2) is 9.32. The van der Waals surface area contributed by atoms with Gasteiger partial charge in [-0.1, -0.05) is 35.9 Å². The van der Waals surface area contributed by atoms with Crippen LogP contribution in [0, 0.1) is 3.57 Å². The minimum Gasteiger partial charge on any atom is -0.489 e. The van der Waals surface area contributed by atoms with Crippen molar-refractivity contribution in [1.29, 1.82) is 0 Å². The van der Waals surface area contributed by atoms with Gasteiger partial charge in [0.05, 0.1) is 0 Å². The van der Waals surface area contributed by atoms with Crippen molar-refractivity contribution >= 4 is 68.1 Å². The van der Waals surface area contributed by atoms with Crippen LogP contribution in [0.15, 0.2) is 81.9 Å². The normalized spacial score (nSPS) is 14.6. The summed E-state index contributed by atoms with van der Waals surface area (Å²) in [4.78, 5) is 16.6. The van der Waals surface area contributed by atoms with Crippen LogP contribution >= 0.6 is 50.1 Å². The summed E-state index contributed by atoms with van der Waals surface area (Å²) in [6, 6.07) is 20.6. The second-order valence-corrected chi connectivity index (χ2v) is 8.90. The Bertz CT molecular complexity index is 1160. The molecule has 0 spiro atoms. The number of rotatable bonds is 5. The fourth-order valence-electron chi connectivity index (χ4n) is 2.73. The fraction of sp³-hybridized carbons (Fsp3) is 0.0435. The molecule has 0 bridgehead atoms. The summed E-state index contributed by atoms with van der Waals surface area (Å²) in [6.07, 6.45) is 1.69. The Morgan fingerprint density at radius 1 is 1.07 bits per heavy atom. The molecule has 150 valence electrons. The van der Waals surface area contributed by atoms with E-state index in [0.717, 1.165) is 30.5 Å². The molecule has 0 radical (unpaired) electrons. The summed E-state index contributed by atoms with van der Waals surface area (Å²) in [5, 5.41) is 0.696. The van der Waals surface area contributed by atoms with Crippen LogP contribution in [-0.4, -0.2) is 11.9 Å². The quantitative estimate of drug-likeness (QED) is 0.189. The predicted octanol–water partition coefficient (Wildman–Crippen LogP) is 6.63. The summed E-state index contributed by atoms with van der Waals surface area (Å²) >= 11 is 11.6. The minimum absolute atomic E-state index is 0.259. The molecule has 0 saturated heterocycles. The zero-order valence-electron chi connectivity index (χ0n) is 15.4. The Morgan fingerprint density at radius 2 is 1.80 bits per heavy atom. The van der Waals surface area contributed by atoms with Crippen molar-refractivity contribution < 1.29 is 14.3 Å². The van der Waals surface area contributed by atoms with Crippen molar-refractivity contribution in [2.75, 3.05) is 0 Å². The number of ether oxygens (including phenoxy) is 2. The third-order valence-corrected chi connectivity index (χ3v) is 6.88. The number of carbonyl (C=O) groups excluding carboxylic acids is 1. The third kappa shape index (κ3) is 5.11. The molecule has 30 heavy (non-hydrogen) atoms. The third-order valence-electron chi connectivity index (χ3n) is 4.29. The largest absolute Gasteiger partial charge is 0.489 e. The molecule has 0 amide bonds. The number of nitrogens with zero attached hydrogens (tertiary/aromatic N) is 1. The first-order valence-electron chi connectivity index (χ1n) is 8.93. The number of halogens is 3. The summed E-state index contributed by atoms with van der Waals surface area (Å²) in [5.74, 6) is 0.558. The number of hydrogen-bond donors (Lipinski definition) is 0. The van der Waals surface area contributed by atoms with Gasteiger partial charge in [-0.25, -0.2) is 9.79 Å². The van der Waals surface area contributed by atoms with Gasteiger partial charge in [-0.3, -0.25) is 0 Å². The molecule has 3 aromatic rings. The lowest BCUT2D eigenvalue weighted by Crippen LogP contribution is -2.05. The number of aliphatic imine (C=N–C) groups is 1. The molecule has 7 heteroatoms. The Labute approximate surface area is 200 Å². The van der Waals surface area contributed by atoms with E-state index in [4.69, 9.17) is 21.1 Å². The van der Waals surface area contributed by atoms with E-state index in [-0.39, 0.29) is 5.70 Å². The number of cyclic esters (lactones) is 1. The van der Waals surface area contributed by atoms with Gasteiger partial charge in [0.1, 0.15) is 12.4 Å². The van der Waals surface area contributed by atoms with E-state index < -0.39 is 5.97 Å². The molecule has 1 heterocycles. The Morgan fingerprint density at radius 3 is 2.50 bits per heavy atom. The van der Waals surface area contributed by atoms with Crippen molar-refractivity contribution in [3.8, 4) is 5.75 Å². The summed E-state index contributed by atoms with van der Waals surface area (Å²) in [7, 11) is 0. The number of hydrogen-bond acceptors (Lipinski definition) is 4. The van der Waals surface area contributed by atoms with Crippen LogP contribution in [0.5, 0.6) is 5.75 Å². The first-order valence-corrected chi connectivity index (χ1v) is 11.2. The molecule has 0 aromatic heterocycles. The molecule has 0 unspecified atom stereocenters. The zero-order chi connectivity index (χ0) is 21.1. The van der Waals surface area contributed by atoms with Gasteiger partial charge in [0, 0.05) is 18.6 Å². The lowest BCUT2D eigenvalue weighted by Gasteiger charge is -2.06. The number of benzene rings is 3. The molecular weight excluding hydrogens is 581 g/mol. The highest BCUT2D eigenvalue weighted by molar-refractivity contribution is 14.1. The van der Waals surface area contributed by atoms with Gasteiger partial charge in [-0.2, -0.15) is 0 Å². The zero-order valence-corrected chi connectivity index (χ0v) is 19.9. The molecule has 1 aliphatic rings. The van der Waals surface area contributed by atoms with Gasteiger partial charge in [0.2, 0.25) is 5.90 Å². The Kier molecular flexibility index (Phi) is 6.55. The van der Waals surface area contributed by atoms with E-state index in [9.17, 15) is 4.79 Å². The molecule has 4 rings (SSSR count). The SMILES string of the molecule is O=C1OC(c2ccc(I)c(Br)c2)=N/C1=C\c1ccc(OCc2ccc(Cl)cc2)cc1. The molecule has 4 nitrogen and oxygen atoms in total. The molecule has 0 N–H and O–H groups in total. The van der Waals surface area contributed by atoms with Crippen molar-refractivity contribution in [3.63, 3.8) is 0 Å². The molecule has 1 aliphatic heterocycles. The fourth-order valence-corrected chi connectivity index (χ4v) is 3.57. The molecule has 3 aromatic carbocycles. The van der Waals surface area contributed by atoms with E-state index in [0.29, 0.717) is 17.5 Å². The monoisotopic (exact) mass is 593 g/mol. The van der Waals surface area contributed by atoms with Gasteiger partial charge in [-0.05, 0) is 98.2 Å². The lowest BCUT2D eigenvalue weighted by molar-refractivity contribution is -0.129. The molecule has 0 atom stereocenters. The van der Waals surface area contributed by atoms with Crippen LogP contribution < -0.4 is 4.74 Å². The lowest BCUT2D eigenvalue weighted by atomic mass is 10.2. The van der Waals surface area contributed by atoms with E-state index in [1.807, 2.05) is 66.7 Å².